The molecule has 0 rings (SSSR count). The molecule has 0 fully saturated rings. The standard InChI is InChI=1S/C18H26O6/c1-9(19)7-15(11(3)21)17(13(5)23)18(14(6)24)16(12(4)22)8-10(2)20/h15-18H,7-8H2,1-6H3. The summed E-state index contributed by atoms with van der Waals surface area (Å²) < 4.78 is 0. The molecule has 0 aliphatic heterocycles. The van der Waals surface area contributed by atoms with Crippen molar-refractivity contribution in [2.24, 2.45) is 23.7 Å². The molecule has 134 valence electrons. The number of carbonyl (C=O) groups is 6. The van der Waals surface area contributed by atoms with E-state index in [0.717, 1.165) is 0 Å². The number of Topliss-reactive ketones (excluding diaryl/α,β-unsaturated/α-hetero) is 6. The van der Waals surface area contributed by atoms with Gasteiger partial charge in [-0.3, -0.25) is 19.2 Å². The van der Waals surface area contributed by atoms with E-state index in [9.17, 15) is 28.8 Å². The van der Waals surface area contributed by atoms with Crippen LogP contribution in [-0.4, -0.2) is 34.7 Å². The molecule has 0 aliphatic rings. The molecule has 0 saturated carbocycles. The minimum absolute atomic E-state index is 0.173. The lowest BCUT2D eigenvalue weighted by molar-refractivity contribution is -0.144. The van der Waals surface area contributed by atoms with E-state index in [1.807, 2.05) is 0 Å². The molecule has 0 aromatic heterocycles. The van der Waals surface area contributed by atoms with Crippen molar-refractivity contribution in [3.63, 3.8) is 0 Å². The monoisotopic (exact) mass is 338 g/mol. The van der Waals surface area contributed by atoms with Crippen LogP contribution in [0.4, 0.5) is 0 Å². The Morgan fingerprint density at radius 1 is 0.500 bits per heavy atom. The highest BCUT2D eigenvalue weighted by Crippen LogP contribution is 2.34. The zero-order chi connectivity index (χ0) is 19.2. The van der Waals surface area contributed by atoms with Gasteiger partial charge < -0.3 is 9.59 Å². The van der Waals surface area contributed by atoms with Gasteiger partial charge in [-0.25, -0.2) is 0 Å². The van der Waals surface area contributed by atoms with Crippen LogP contribution in [0, 0.1) is 23.7 Å². The van der Waals surface area contributed by atoms with Crippen LogP contribution >= 0.6 is 0 Å². The summed E-state index contributed by atoms with van der Waals surface area (Å²) >= 11 is 0. The first-order valence-corrected chi connectivity index (χ1v) is 7.90. The second-order valence-corrected chi connectivity index (χ2v) is 6.52. The van der Waals surface area contributed by atoms with Gasteiger partial charge >= 0.3 is 0 Å². The zero-order valence-electron chi connectivity index (χ0n) is 15.2. The molecule has 0 N–H and O–H groups in total. The SMILES string of the molecule is CC(=O)CC(C(C)=O)C(C(C)=O)C(C(C)=O)C(CC(C)=O)C(C)=O. The third kappa shape index (κ3) is 6.26. The maximum Gasteiger partial charge on any atom is 0.134 e. The molecule has 24 heavy (non-hydrogen) atoms. The molecule has 0 spiro atoms. The van der Waals surface area contributed by atoms with Gasteiger partial charge in [0.15, 0.2) is 0 Å². The largest absolute Gasteiger partial charge is 0.300 e. The zero-order valence-corrected chi connectivity index (χ0v) is 15.2. The van der Waals surface area contributed by atoms with Gasteiger partial charge in [0.2, 0.25) is 0 Å². The van der Waals surface area contributed by atoms with Crippen molar-refractivity contribution in [1.29, 1.82) is 0 Å². The van der Waals surface area contributed by atoms with Gasteiger partial charge in [0.25, 0.3) is 0 Å². The summed E-state index contributed by atoms with van der Waals surface area (Å²) in [7, 11) is 0. The summed E-state index contributed by atoms with van der Waals surface area (Å²) in [6.45, 7) is 7.59. The van der Waals surface area contributed by atoms with E-state index < -0.39 is 35.2 Å². The predicted octanol–water partition coefficient (Wildman–Crippen LogP) is 1.77. The van der Waals surface area contributed by atoms with E-state index in [1.165, 1.54) is 41.5 Å². The van der Waals surface area contributed by atoms with Crippen molar-refractivity contribution in [3.05, 3.63) is 0 Å². The Balaban J connectivity index is 6.14. The van der Waals surface area contributed by atoms with Crippen LogP contribution in [0.15, 0.2) is 0 Å². The first-order chi connectivity index (χ1) is 10.9. The fraction of sp³-hybridized carbons (Fsp3) is 0.667. The second kappa shape index (κ2) is 9.35. The smallest absolute Gasteiger partial charge is 0.134 e. The predicted molar refractivity (Wildman–Crippen MR) is 87.3 cm³/mol. The molecule has 6 nitrogen and oxygen atoms in total. The first-order valence-electron chi connectivity index (χ1n) is 7.90. The highest BCUT2D eigenvalue weighted by atomic mass is 16.2. The first kappa shape index (κ1) is 22.0. The summed E-state index contributed by atoms with van der Waals surface area (Å²) in [5, 5.41) is 0. The lowest BCUT2D eigenvalue weighted by atomic mass is 9.67. The van der Waals surface area contributed by atoms with Gasteiger partial charge in [0, 0.05) is 36.5 Å². The topological polar surface area (TPSA) is 102 Å². The Bertz CT molecular complexity index is 510. The highest BCUT2D eigenvalue weighted by Gasteiger charge is 2.44. The molecule has 0 aromatic rings. The quantitative estimate of drug-likeness (QED) is 0.569. The number of rotatable bonds is 11. The van der Waals surface area contributed by atoms with E-state index >= 15 is 0 Å². The maximum absolute atomic E-state index is 12.2. The lowest BCUT2D eigenvalue weighted by Gasteiger charge is -2.33. The molecule has 0 bridgehead atoms. The van der Waals surface area contributed by atoms with E-state index in [4.69, 9.17) is 0 Å². The second-order valence-electron chi connectivity index (χ2n) is 6.52. The van der Waals surface area contributed by atoms with Crippen LogP contribution in [0.2, 0.25) is 0 Å². The number of hydrogen-bond acceptors (Lipinski definition) is 6. The van der Waals surface area contributed by atoms with Crippen LogP contribution in [-0.2, 0) is 28.8 Å². The van der Waals surface area contributed by atoms with Crippen molar-refractivity contribution in [1.82, 2.24) is 0 Å². The molecular weight excluding hydrogens is 312 g/mol. The summed E-state index contributed by atoms with van der Waals surface area (Å²) in [5.41, 5.74) is 0. The van der Waals surface area contributed by atoms with E-state index in [2.05, 4.69) is 0 Å². The average molecular weight is 338 g/mol. The van der Waals surface area contributed by atoms with Crippen LogP contribution in [0.1, 0.15) is 54.4 Å². The van der Waals surface area contributed by atoms with Gasteiger partial charge in [-0.15, -0.1) is 0 Å². The summed E-state index contributed by atoms with van der Waals surface area (Å²) in [6.07, 6.45) is -0.345. The Morgan fingerprint density at radius 3 is 0.875 bits per heavy atom. The fourth-order valence-electron chi connectivity index (χ4n) is 3.24. The molecular formula is C18H26O6. The Labute approximate surface area is 142 Å². The fourth-order valence-corrected chi connectivity index (χ4v) is 3.24. The van der Waals surface area contributed by atoms with E-state index in [-0.39, 0.29) is 36.0 Å². The van der Waals surface area contributed by atoms with Gasteiger partial charge in [-0.1, -0.05) is 0 Å². The molecule has 4 unspecified atom stereocenters. The number of hydrogen-bond donors (Lipinski definition) is 0. The number of carbonyl (C=O) groups excluding carboxylic acids is 6. The molecule has 6 heteroatoms. The third-order valence-corrected chi connectivity index (χ3v) is 4.25. The Hall–Kier alpha value is -1.98. The minimum Gasteiger partial charge on any atom is -0.300 e. The summed E-state index contributed by atoms with van der Waals surface area (Å²) in [5.74, 6) is -6.33. The lowest BCUT2D eigenvalue weighted by Crippen LogP contribution is -2.43. The molecule has 4 atom stereocenters. The summed E-state index contributed by atoms with van der Waals surface area (Å²) in [4.78, 5) is 71.4. The minimum atomic E-state index is -1.09. The summed E-state index contributed by atoms with van der Waals surface area (Å²) in [6, 6.07) is 0. The van der Waals surface area contributed by atoms with Crippen molar-refractivity contribution >= 4 is 34.7 Å². The highest BCUT2D eigenvalue weighted by molar-refractivity contribution is 5.97. The molecule has 0 amide bonds. The average Bonchev–Trinajstić information content (AvgIpc) is 2.38. The molecule has 0 aromatic carbocycles. The van der Waals surface area contributed by atoms with Gasteiger partial charge in [-0.05, 0) is 41.5 Å². The van der Waals surface area contributed by atoms with Crippen LogP contribution in [0.5, 0.6) is 0 Å². The van der Waals surface area contributed by atoms with Gasteiger partial charge in [0.05, 0.1) is 0 Å². The van der Waals surface area contributed by atoms with E-state index in [0.29, 0.717) is 0 Å². The van der Waals surface area contributed by atoms with Crippen molar-refractivity contribution in [3.8, 4) is 0 Å². The maximum atomic E-state index is 12.2. The van der Waals surface area contributed by atoms with Crippen LogP contribution in [0.25, 0.3) is 0 Å². The Kier molecular flexibility index (Phi) is 8.58. The van der Waals surface area contributed by atoms with Gasteiger partial charge in [-0.2, -0.15) is 0 Å². The van der Waals surface area contributed by atoms with Crippen LogP contribution < -0.4 is 0 Å². The Morgan fingerprint density at radius 2 is 0.750 bits per heavy atom. The van der Waals surface area contributed by atoms with Crippen molar-refractivity contribution in [2.75, 3.05) is 0 Å². The van der Waals surface area contributed by atoms with Crippen molar-refractivity contribution in [2.45, 2.75) is 54.4 Å². The van der Waals surface area contributed by atoms with Crippen LogP contribution in [0.3, 0.4) is 0 Å². The molecule has 0 aliphatic carbocycles. The number of ketones is 6. The van der Waals surface area contributed by atoms with Crippen molar-refractivity contribution < 1.29 is 28.8 Å². The molecule has 0 saturated heterocycles. The van der Waals surface area contributed by atoms with Gasteiger partial charge in [0.1, 0.15) is 34.7 Å². The molecule has 0 radical (unpaired) electrons. The van der Waals surface area contributed by atoms with E-state index in [1.54, 1.807) is 0 Å². The molecule has 0 heterocycles. The third-order valence-electron chi connectivity index (χ3n) is 4.25. The normalized spacial score (nSPS) is 15.8.